The largest absolute Gasteiger partial charge is 0.493 e. The summed E-state index contributed by atoms with van der Waals surface area (Å²) in [6, 6.07) is 12.4. The molecule has 0 radical (unpaired) electrons. The number of methoxy groups -OCH3 is 1. The van der Waals surface area contributed by atoms with Gasteiger partial charge in [0.25, 0.3) is 5.91 Å². The van der Waals surface area contributed by atoms with Crippen molar-refractivity contribution < 1.29 is 23.5 Å². The number of rotatable bonds is 4. The van der Waals surface area contributed by atoms with Gasteiger partial charge >= 0.3 is 0 Å². The smallest absolute Gasteiger partial charge is 0.262 e. The lowest BCUT2D eigenvalue weighted by Gasteiger charge is -2.17. The van der Waals surface area contributed by atoms with Gasteiger partial charge in [-0.25, -0.2) is 0 Å². The lowest BCUT2D eigenvalue weighted by Crippen LogP contribution is -2.25. The molecule has 1 aliphatic rings. The van der Waals surface area contributed by atoms with E-state index in [-0.39, 0.29) is 18.3 Å². The van der Waals surface area contributed by atoms with Crippen LogP contribution in [0.15, 0.2) is 53.0 Å². The fraction of sp³-hybridized carbons (Fsp3) is 0.100. The first-order chi connectivity index (χ1) is 12.6. The van der Waals surface area contributed by atoms with Crippen LogP contribution in [0.3, 0.4) is 0 Å². The minimum atomic E-state index is -0.242. The maximum Gasteiger partial charge on any atom is 0.262 e. The zero-order valence-corrected chi connectivity index (χ0v) is 13.9. The van der Waals surface area contributed by atoms with E-state index in [1.807, 2.05) is 24.3 Å². The molecule has 1 aliphatic heterocycles. The minimum absolute atomic E-state index is 0.0181. The van der Waals surface area contributed by atoms with Gasteiger partial charge < -0.3 is 19.2 Å². The molecule has 3 aromatic rings. The molecule has 0 atom stereocenters. The number of carbonyl (C=O) groups is 2. The fourth-order valence-electron chi connectivity index (χ4n) is 2.79. The summed E-state index contributed by atoms with van der Waals surface area (Å²) >= 11 is 0. The Morgan fingerprint density at radius 1 is 1.23 bits per heavy atom. The molecular weight excluding hydrogens is 334 g/mol. The fourth-order valence-corrected chi connectivity index (χ4v) is 2.79. The maximum atomic E-state index is 12.4. The standard InChI is InChI=1S/C20H15NO5/c1-24-18-4-2-3-13-9-14(26-20(13)18)6-7-16(22)12-5-8-17-15(10-12)21-19(23)11-25-17/h2-10H,11H2,1H3,(H,21,23)/b7-6+. The molecule has 1 amide bonds. The summed E-state index contributed by atoms with van der Waals surface area (Å²) in [7, 11) is 1.58. The molecule has 0 spiro atoms. The Hall–Kier alpha value is -3.54. The van der Waals surface area contributed by atoms with E-state index in [9.17, 15) is 9.59 Å². The van der Waals surface area contributed by atoms with Gasteiger partial charge in [0.2, 0.25) is 0 Å². The second kappa shape index (κ2) is 6.40. The molecule has 0 saturated carbocycles. The number of ether oxygens (including phenoxy) is 2. The average molecular weight is 349 g/mol. The second-order valence-corrected chi connectivity index (χ2v) is 5.77. The lowest BCUT2D eigenvalue weighted by molar-refractivity contribution is -0.118. The Kier molecular flexibility index (Phi) is 3.93. The topological polar surface area (TPSA) is 77.8 Å². The number of amides is 1. The normalized spacial score (nSPS) is 13.3. The maximum absolute atomic E-state index is 12.4. The van der Waals surface area contributed by atoms with Gasteiger partial charge in [0, 0.05) is 10.9 Å². The van der Waals surface area contributed by atoms with Crippen molar-refractivity contribution in [3.05, 3.63) is 59.9 Å². The zero-order valence-electron chi connectivity index (χ0n) is 13.9. The molecule has 0 aliphatic carbocycles. The third-order valence-electron chi connectivity index (χ3n) is 4.04. The van der Waals surface area contributed by atoms with E-state index in [0.29, 0.717) is 34.1 Å². The summed E-state index contributed by atoms with van der Waals surface area (Å²) in [5.41, 5.74) is 1.57. The molecule has 0 unspecified atom stereocenters. The van der Waals surface area contributed by atoms with Crippen LogP contribution in [0.25, 0.3) is 17.0 Å². The van der Waals surface area contributed by atoms with Crippen LogP contribution in [0.5, 0.6) is 11.5 Å². The number of hydrogen-bond acceptors (Lipinski definition) is 5. The van der Waals surface area contributed by atoms with E-state index in [1.165, 1.54) is 6.08 Å². The first kappa shape index (κ1) is 16.0. The van der Waals surface area contributed by atoms with Crippen LogP contribution >= 0.6 is 0 Å². The van der Waals surface area contributed by atoms with Gasteiger partial charge in [-0.05, 0) is 42.5 Å². The van der Waals surface area contributed by atoms with Crippen molar-refractivity contribution in [2.45, 2.75) is 0 Å². The molecule has 0 bridgehead atoms. The van der Waals surface area contributed by atoms with E-state index < -0.39 is 0 Å². The number of para-hydroxylation sites is 1. The first-order valence-electron chi connectivity index (χ1n) is 8.00. The van der Waals surface area contributed by atoms with Crippen molar-refractivity contribution >= 4 is 34.4 Å². The van der Waals surface area contributed by atoms with E-state index in [4.69, 9.17) is 13.9 Å². The summed E-state index contributed by atoms with van der Waals surface area (Å²) in [6.07, 6.45) is 3.04. The third-order valence-corrected chi connectivity index (χ3v) is 4.04. The van der Waals surface area contributed by atoms with E-state index in [0.717, 1.165) is 5.39 Å². The molecule has 0 saturated heterocycles. The van der Waals surface area contributed by atoms with Crippen LogP contribution in [0.2, 0.25) is 0 Å². The van der Waals surface area contributed by atoms with E-state index in [1.54, 1.807) is 31.4 Å². The SMILES string of the molecule is COc1cccc2cc(/C=C/C(=O)c3ccc4c(c3)NC(=O)CO4)oc12. The molecule has 6 nitrogen and oxygen atoms in total. The number of nitrogens with one attached hydrogen (secondary N) is 1. The molecule has 0 fully saturated rings. The van der Waals surface area contributed by atoms with Crippen LogP contribution in [0.4, 0.5) is 5.69 Å². The number of furan rings is 1. The van der Waals surface area contributed by atoms with E-state index in [2.05, 4.69) is 5.32 Å². The summed E-state index contributed by atoms with van der Waals surface area (Å²) in [6.45, 7) is -0.0181. The molecular formula is C20H15NO5. The highest BCUT2D eigenvalue weighted by molar-refractivity contribution is 6.08. The summed E-state index contributed by atoms with van der Waals surface area (Å²) in [5, 5.41) is 3.58. The number of carbonyl (C=O) groups excluding carboxylic acids is 2. The van der Waals surface area contributed by atoms with Crippen LogP contribution in [0.1, 0.15) is 16.1 Å². The van der Waals surface area contributed by atoms with Gasteiger partial charge in [0.05, 0.1) is 12.8 Å². The Bertz CT molecular complexity index is 1050. The van der Waals surface area contributed by atoms with Crippen LogP contribution in [-0.2, 0) is 4.79 Å². The molecule has 2 aromatic carbocycles. The van der Waals surface area contributed by atoms with Gasteiger partial charge in [-0.1, -0.05) is 12.1 Å². The summed E-state index contributed by atoms with van der Waals surface area (Å²) < 4.78 is 16.3. The molecule has 6 heteroatoms. The van der Waals surface area contributed by atoms with Gasteiger partial charge in [-0.15, -0.1) is 0 Å². The number of ketones is 1. The van der Waals surface area contributed by atoms with Crippen molar-refractivity contribution in [3.8, 4) is 11.5 Å². The molecule has 2 heterocycles. The Morgan fingerprint density at radius 2 is 2.12 bits per heavy atom. The van der Waals surface area contributed by atoms with Crippen molar-refractivity contribution in [2.24, 2.45) is 0 Å². The predicted octanol–water partition coefficient (Wildman–Crippen LogP) is 3.67. The van der Waals surface area contributed by atoms with Gasteiger partial charge in [0.15, 0.2) is 23.7 Å². The lowest BCUT2D eigenvalue weighted by atomic mass is 10.1. The van der Waals surface area contributed by atoms with E-state index >= 15 is 0 Å². The van der Waals surface area contributed by atoms with Crippen molar-refractivity contribution in [1.82, 2.24) is 0 Å². The number of fused-ring (bicyclic) bond motifs is 2. The minimum Gasteiger partial charge on any atom is -0.493 e. The quantitative estimate of drug-likeness (QED) is 0.574. The monoisotopic (exact) mass is 349 g/mol. The number of anilines is 1. The highest BCUT2D eigenvalue weighted by Gasteiger charge is 2.17. The summed E-state index contributed by atoms with van der Waals surface area (Å²) in [5.74, 6) is 1.29. The van der Waals surface area contributed by atoms with Crippen molar-refractivity contribution in [3.63, 3.8) is 0 Å². The number of hydrogen-bond donors (Lipinski definition) is 1. The van der Waals surface area contributed by atoms with Gasteiger partial charge in [-0.3, -0.25) is 9.59 Å². The van der Waals surface area contributed by atoms with Crippen LogP contribution in [0, 0.1) is 0 Å². The van der Waals surface area contributed by atoms with Crippen LogP contribution in [-0.4, -0.2) is 25.4 Å². The average Bonchev–Trinajstić information content (AvgIpc) is 3.08. The highest BCUT2D eigenvalue weighted by atomic mass is 16.5. The second-order valence-electron chi connectivity index (χ2n) is 5.77. The summed E-state index contributed by atoms with van der Waals surface area (Å²) in [4.78, 5) is 23.8. The highest BCUT2D eigenvalue weighted by Crippen LogP contribution is 2.30. The Morgan fingerprint density at radius 3 is 2.96 bits per heavy atom. The Balaban J connectivity index is 1.58. The predicted molar refractivity (Wildman–Crippen MR) is 96.7 cm³/mol. The molecule has 4 rings (SSSR count). The zero-order chi connectivity index (χ0) is 18.1. The molecule has 1 N–H and O–H groups in total. The van der Waals surface area contributed by atoms with Gasteiger partial charge in [0.1, 0.15) is 11.5 Å². The number of benzene rings is 2. The van der Waals surface area contributed by atoms with Gasteiger partial charge in [-0.2, -0.15) is 0 Å². The molecule has 130 valence electrons. The van der Waals surface area contributed by atoms with Crippen LogP contribution < -0.4 is 14.8 Å². The van der Waals surface area contributed by atoms with Crippen molar-refractivity contribution in [2.75, 3.05) is 19.0 Å². The first-order valence-corrected chi connectivity index (χ1v) is 8.00. The Labute approximate surface area is 149 Å². The molecule has 1 aromatic heterocycles. The number of allylic oxidation sites excluding steroid dienone is 1. The molecule has 26 heavy (non-hydrogen) atoms. The van der Waals surface area contributed by atoms with Crippen molar-refractivity contribution in [1.29, 1.82) is 0 Å². The third kappa shape index (κ3) is 2.93.